The number of likely N-dealkylation sites (N-methyl/N-ethyl adjacent to an activating group) is 1. The fourth-order valence-electron chi connectivity index (χ4n) is 1.11. The van der Waals surface area contributed by atoms with Crippen LogP contribution in [-0.2, 0) is 11.2 Å². The highest BCUT2D eigenvalue weighted by atomic mass is 79.9. The van der Waals surface area contributed by atoms with Crippen LogP contribution in [0.3, 0.4) is 0 Å². The molecular weight excluding hydrogens is 246 g/mol. The lowest BCUT2D eigenvalue weighted by molar-refractivity contribution is 0.168. The minimum Gasteiger partial charge on any atom is -0.383 e. The van der Waals surface area contributed by atoms with Gasteiger partial charge in [-0.05, 0) is 23.0 Å². The van der Waals surface area contributed by atoms with Crippen molar-refractivity contribution < 1.29 is 4.74 Å². The van der Waals surface area contributed by atoms with E-state index in [1.807, 2.05) is 7.05 Å². The third-order valence-corrected chi connectivity index (χ3v) is 2.29. The van der Waals surface area contributed by atoms with Gasteiger partial charge in [0.15, 0.2) is 0 Å². The standard InChI is InChI=1S/C9H14BrN3O/c1-11-8(6-14-2)3-9-12-4-7(10)5-13-9/h4-5,8,11H,3,6H2,1-2H3. The number of nitrogens with one attached hydrogen (secondary N) is 1. The second-order valence-corrected chi connectivity index (χ2v) is 3.88. The summed E-state index contributed by atoms with van der Waals surface area (Å²) in [5, 5.41) is 3.15. The van der Waals surface area contributed by atoms with Gasteiger partial charge in [0.1, 0.15) is 5.82 Å². The summed E-state index contributed by atoms with van der Waals surface area (Å²) < 4.78 is 5.96. The zero-order valence-corrected chi connectivity index (χ0v) is 9.91. The van der Waals surface area contributed by atoms with Gasteiger partial charge in [-0.25, -0.2) is 9.97 Å². The number of nitrogens with zero attached hydrogens (tertiary/aromatic N) is 2. The van der Waals surface area contributed by atoms with Gasteiger partial charge in [0, 0.05) is 32.0 Å². The fourth-order valence-corrected chi connectivity index (χ4v) is 1.32. The number of aromatic nitrogens is 2. The molecule has 1 N–H and O–H groups in total. The van der Waals surface area contributed by atoms with Crippen molar-refractivity contribution in [3.8, 4) is 0 Å². The molecule has 5 heteroatoms. The lowest BCUT2D eigenvalue weighted by atomic mass is 10.2. The molecule has 0 saturated heterocycles. The lowest BCUT2D eigenvalue weighted by Crippen LogP contribution is -2.32. The number of rotatable bonds is 5. The molecule has 0 fully saturated rings. The van der Waals surface area contributed by atoms with Crippen LogP contribution in [0.25, 0.3) is 0 Å². The first-order valence-electron chi connectivity index (χ1n) is 4.39. The number of methoxy groups -OCH3 is 1. The van der Waals surface area contributed by atoms with E-state index in [4.69, 9.17) is 4.74 Å². The van der Waals surface area contributed by atoms with Crippen LogP contribution in [0, 0.1) is 0 Å². The van der Waals surface area contributed by atoms with Gasteiger partial charge in [-0.2, -0.15) is 0 Å². The molecule has 0 aliphatic heterocycles. The first kappa shape index (κ1) is 11.6. The minimum atomic E-state index is 0.265. The van der Waals surface area contributed by atoms with E-state index in [-0.39, 0.29) is 6.04 Å². The summed E-state index contributed by atoms with van der Waals surface area (Å²) in [5.74, 6) is 0.824. The van der Waals surface area contributed by atoms with Crippen molar-refractivity contribution in [2.24, 2.45) is 0 Å². The molecule has 1 aromatic rings. The maximum Gasteiger partial charge on any atom is 0.129 e. The molecule has 0 aliphatic rings. The Morgan fingerprint density at radius 1 is 1.50 bits per heavy atom. The molecule has 0 spiro atoms. The summed E-state index contributed by atoms with van der Waals surface area (Å²) in [7, 11) is 3.59. The number of ether oxygens (including phenoxy) is 1. The molecule has 0 aliphatic carbocycles. The highest BCUT2D eigenvalue weighted by Gasteiger charge is 2.08. The topological polar surface area (TPSA) is 47.0 Å². The molecule has 0 saturated carbocycles. The van der Waals surface area contributed by atoms with Crippen LogP contribution >= 0.6 is 15.9 Å². The van der Waals surface area contributed by atoms with Gasteiger partial charge in [0.25, 0.3) is 0 Å². The quantitative estimate of drug-likeness (QED) is 0.858. The summed E-state index contributed by atoms with van der Waals surface area (Å²) >= 11 is 3.29. The van der Waals surface area contributed by atoms with Gasteiger partial charge in [-0.3, -0.25) is 0 Å². The maximum atomic E-state index is 5.06. The Morgan fingerprint density at radius 2 is 2.14 bits per heavy atom. The SMILES string of the molecule is CNC(COC)Cc1ncc(Br)cn1. The van der Waals surface area contributed by atoms with E-state index in [2.05, 4.69) is 31.2 Å². The lowest BCUT2D eigenvalue weighted by Gasteiger charge is -2.13. The third-order valence-electron chi connectivity index (χ3n) is 1.88. The Bertz CT molecular complexity index is 265. The molecule has 0 bridgehead atoms. The summed E-state index contributed by atoms with van der Waals surface area (Å²) in [6, 6.07) is 0.265. The Morgan fingerprint density at radius 3 is 2.64 bits per heavy atom. The third kappa shape index (κ3) is 3.69. The van der Waals surface area contributed by atoms with Gasteiger partial charge in [-0.1, -0.05) is 0 Å². The van der Waals surface area contributed by atoms with Crippen molar-refractivity contribution in [3.63, 3.8) is 0 Å². The molecule has 0 radical (unpaired) electrons. The first-order chi connectivity index (χ1) is 6.76. The highest BCUT2D eigenvalue weighted by Crippen LogP contribution is 2.05. The molecular formula is C9H14BrN3O. The van der Waals surface area contributed by atoms with Gasteiger partial charge >= 0.3 is 0 Å². The van der Waals surface area contributed by atoms with Crippen LogP contribution in [0.2, 0.25) is 0 Å². The second-order valence-electron chi connectivity index (χ2n) is 2.96. The summed E-state index contributed by atoms with van der Waals surface area (Å²) in [4.78, 5) is 8.39. The summed E-state index contributed by atoms with van der Waals surface area (Å²) in [5.41, 5.74) is 0. The molecule has 0 aromatic carbocycles. The molecule has 14 heavy (non-hydrogen) atoms. The zero-order valence-electron chi connectivity index (χ0n) is 8.33. The molecule has 1 aromatic heterocycles. The van der Waals surface area contributed by atoms with E-state index in [9.17, 15) is 0 Å². The van der Waals surface area contributed by atoms with Crippen molar-refractivity contribution in [1.82, 2.24) is 15.3 Å². The second kappa shape index (κ2) is 6.06. The van der Waals surface area contributed by atoms with Crippen molar-refractivity contribution in [3.05, 3.63) is 22.7 Å². The van der Waals surface area contributed by atoms with E-state index < -0.39 is 0 Å². The van der Waals surface area contributed by atoms with E-state index in [1.54, 1.807) is 19.5 Å². The Hall–Kier alpha value is -0.520. The number of halogens is 1. The smallest absolute Gasteiger partial charge is 0.129 e. The van der Waals surface area contributed by atoms with Crippen molar-refractivity contribution >= 4 is 15.9 Å². The molecule has 78 valence electrons. The van der Waals surface area contributed by atoms with Gasteiger partial charge in [-0.15, -0.1) is 0 Å². The maximum absolute atomic E-state index is 5.06. The Kier molecular flexibility index (Phi) is 5.00. The summed E-state index contributed by atoms with van der Waals surface area (Å²) in [6.45, 7) is 0.663. The zero-order chi connectivity index (χ0) is 10.4. The van der Waals surface area contributed by atoms with Crippen molar-refractivity contribution in [2.75, 3.05) is 20.8 Å². The van der Waals surface area contributed by atoms with Gasteiger partial charge < -0.3 is 10.1 Å². The van der Waals surface area contributed by atoms with E-state index in [1.165, 1.54) is 0 Å². The van der Waals surface area contributed by atoms with Crippen LogP contribution in [0.1, 0.15) is 5.82 Å². The predicted octanol–water partition coefficient (Wildman–Crippen LogP) is 1.02. The van der Waals surface area contributed by atoms with Gasteiger partial charge in [0.05, 0.1) is 11.1 Å². The molecule has 1 atom stereocenters. The number of hydrogen-bond acceptors (Lipinski definition) is 4. The van der Waals surface area contributed by atoms with Gasteiger partial charge in [0.2, 0.25) is 0 Å². The molecule has 1 heterocycles. The Balaban J connectivity index is 2.53. The molecule has 1 rings (SSSR count). The van der Waals surface area contributed by atoms with Crippen molar-refractivity contribution in [1.29, 1.82) is 0 Å². The normalized spacial score (nSPS) is 12.8. The van der Waals surface area contributed by atoms with Crippen LogP contribution in [-0.4, -0.2) is 36.8 Å². The van der Waals surface area contributed by atoms with Crippen LogP contribution in [0.15, 0.2) is 16.9 Å². The van der Waals surface area contributed by atoms with E-state index >= 15 is 0 Å². The Labute approximate surface area is 92.2 Å². The summed E-state index contributed by atoms with van der Waals surface area (Å²) in [6.07, 6.45) is 4.28. The van der Waals surface area contributed by atoms with Crippen molar-refractivity contribution in [2.45, 2.75) is 12.5 Å². The fraction of sp³-hybridized carbons (Fsp3) is 0.556. The van der Waals surface area contributed by atoms with Crippen LogP contribution < -0.4 is 5.32 Å². The van der Waals surface area contributed by atoms with Crippen LogP contribution in [0.5, 0.6) is 0 Å². The van der Waals surface area contributed by atoms with E-state index in [0.29, 0.717) is 6.61 Å². The molecule has 1 unspecified atom stereocenters. The van der Waals surface area contributed by atoms with Crippen LogP contribution in [0.4, 0.5) is 0 Å². The largest absolute Gasteiger partial charge is 0.383 e. The average Bonchev–Trinajstić information content (AvgIpc) is 2.20. The monoisotopic (exact) mass is 259 g/mol. The highest BCUT2D eigenvalue weighted by molar-refractivity contribution is 9.10. The first-order valence-corrected chi connectivity index (χ1v) is 5.18. The predicted molar refractivity (Wildman–Crippen MR) is 58.2 cm³/mol. The molecule has 4 nitrogen and oxygen atoms in total. The van der Waals surface area contributed by atoms with E-state index in [0.717, 1.165) is 16.7 Å². The number of hydrogen-bond donors (Lipinski definition) is 1. The average molecular weight is 260 g/mol. The molecule has 0 amide bonds. The minimum absolute atomic E-state index is 0.265.